The van der Waals surface area contributed by atoms with Gasteiger partial charge in [0.1, 0.15) is 0 Å². The number of aliphatic imine (C=N–C) groups is 1. The fourth-order valence-corrected chi connectivity index (χ4v) is 1.90. The maximum absolute atomic E-state index is 10.1. The average Bonchev–Trinajstić information content (AvgIpc) is 2.12. The first-order valence-electron chi connectivity index (χ1n) is 2.50. The van der Waals surface area contributed by atoms with Crippen molar-refractivity contribution in [1.82, 2.24) is 4.72 Å². The molecule has 0 amide bonds. The summed E-state index contributed by atoms with van der Waals surface area (Å²) < 4.78 is 30.4. The molecule has 8 heteroatoms. The maximum atomic E-state index is 10.1. The quantitative estimate of drug-likeness (QED) is 0.346. The summed E-state index contributed by atoms with van der Waals surface area (Å²) in [5.41, 5.74) is 0. The number of thioether (sulfide) groups is 1. The van der Waals surface area contributed by atoms with Gasteiger partial charge in [0.25, 0.3) is 0 Å². The number of nitrogens with zero attached hydrogens (tertiary/aromatic N) is 1. The molecule has 1 aliphatic heterocycles. The van der Waals surface area contributed by atoms with E-state index in [1.54, 1.807) is 0 Å². The van der Waals surface area contributed by atoms with Crippen LogP contribution in [0.3, 0.4) is 0 Å². The van der Waals surface area contributed by atoms with Crippen LogP contribution < -0.4 is 34.3 Å². The van der Waals surface area contributed by atoms with Gasteiger partial charge in [-0.05, 0) is 0 Å². The van der Waals surface area contributed by atoms with Crippen LogP contribution >= 0.6 is 11.8 Å². The van der Waals surface area contributed by atoms with Crippen molar-refractivity contribution in [3.63, 3.8) is 0 Å². The molecule has 2 N–H and O–H groups in total. The zero-order chi connectivity index (χ0) is 7.61. The molecular weight excluding hydrogens is 199 g/mol. The molecule has 60 valence electrons. The SMILES string of the molecule is O=S(=O)(O)NC1=NCCS1.[H-].[Na+]. The molecular formula is C3H7N2NaO3S2. The third kappa shape index (κ3) is 5.05. The Morgan fingerprint density at radius 3 is 2.73 bits per heavy atom. The summed E-state index contributed by atoms with van der Waals surface area (Å²) >= 11 is 1.27. The van der Waals surface area contributed by atoms with Crippen LogP contribution in [0.25, 0.3) is 0 Å². The van der Waals surface area contributed by atoms with Crippen LogP contribution in [0.1, 0.15) is 1.43 Å². The minimum Gasteiger partial charge on any atom is -1.00 e. The molecule has 0 aromatic heterocycles. The minimum atomic E-state index is -4.11. The van der Waals surface area contributed by atoms with E-state index in [0.29, 0.717) is 6.54 Å². The van der Waals surface area contributed by atoms with Crippen molar-refractivity contribution >= 4 is 27.2 Å². The molecule has 1 heterocycles. The van der Waals surface area contributed by atoms with E-state index >= 15 is 0 Å². The Labute approximate surface area is 92.7 Å². The fourth-order valence-electron chi connectivity index (χ4n) is 0.507. The molecule has 1 rings (SSSR count). The molecule has 0 atom stereocenters. The van der Waals surface area contributed by atoms with Gasteiger partial charge in [0, 0.05) is 5.75 Å². The molecule has 1 aliphatic rings. The van der Waals surface area contributed by atoms with E-state index < -0.39 is 10.3 Å². The van der Waals surface area contributed by atoms with Crippen molar-refractivity contribution < 1.29 is 44.0 Å². The van der Waals surface area contributed by atoms with Crippen LogP contribution in [0.5, 0.6) is 0 Å². The average molecular weight is 206 g/mol. The van der Waals surface area contributed by atoms with Crippen molar-refractivity contribution in [2.24, 2.45) is 4.99 Å². The van der Waals surface area contributed by atoms with Gasteiger partial charge in [0.15, 0.2) is 5.17 Å². The molecule has 11 heavy (non-hydrogen) atoms. The van der Waals surface area contributed by atoms with E-state index in [2.05, 4.69) is 4.99 Å². The molecule has 0 bridgehead atoms. The largest absolute Gasteiger partial charge is 1.00 e. The summed E-state index contributed by atoms with van der Waals surface area (Å²) in [6.45, 7) is 0.600. The number of hydrogen-bond donors (Lipinski definition) is 2. The summed E-state index contributed by atoms with van der Waals surface area (Å²) in [6.07, 6.45) is 0. The Morgan fingerprint density at radius 1 is 1.73 bits per heavy atom. The molecule has 5 nitrogen and oxygen atoms in total. The monoisotopic (exact) mass is 206 g/mol. The standard InChI is InChI=1S/C3H6N2O3S2.Na.H/c6-10(7,8)5-3-4-1-2-9-3;;/h1-2H2,(H,4,5)(H,6,7,8);;/q;+1;-1. The van der Waals surface area contributed by atoms with Crippen molar-refractivity contribution in [2.75, 3.05) is 12.3 Å². The van der Waals surface area contributed by atoms with Crippen LogP contribution in [-0.4, -0.2) is 30.4 Å². The first-order chi connectivity index (χ1) is 4.58. The molecule has 0 aromatic rings. The van der Waals surface area contributed by atoms with Gasteiger partial charge >= 0.3 is 39.9 Å². The summed E-state index contributed by atoms with van der Waals surface area (Å²) in [7, 11) is -4.11. The molecule has 0 aliphatic carbocycles. The van der Waals surface area contributed by atoms with Crippen LogP contribution in [0.4, 0.5) is 0 Å². The minimum absolute atomic E-state index is 0. The van der Waals surface area contributed by atoms with Crippen molar-refractivity contribution in [3.05, 3.63) is 0 Å². The number of hydrogen-bond acceptors (Lipinski definition) is 4. The predicted octanol–water partition coefficient (Wildman–Crippen LogP) is -3.40. The Kier molecular flexibility index (Phi) is 4.99. The Morgan fingerprint density at radius 2 is 2.36 bits per heavy atom. The van der Waals surface area contributed by atoms with E-state index in [9.17, 15) is 8.42 Å². The molecule has 0 aromatic carbocycles. The maximum Gasteiger partial charge on any atom is 1.00 e. The third-order valence-electron chi connectivity index (χ3n) is 0.802. The molecule has 0 saturated heterocycles. The van der Waals surface area contributed by atoms with Gasteiger partial charge in [-0.2, -0.15) is 8.42 Å². The zero-order valence-corrected chi connectivity index (χ0v) is 9.57. The smallest absolute Gasteiger partial charge is 1.00 e. The Hall–Kier alpha value is 0.730. The van der Waals surface area contributed by atoms with Crippen molar-refractivity contribution in [2.45, 2.75) is 0 Å². The van der Waals surface area contributed by atoms with Gasteiger partial charge in [-0.15, -0.1) is 0 Å². The topological polar surface area (TPSA) is 78.8 Å². The zero-order valence-electron chi connectivity index (χ0n) is 6.94. The van der Waals surface area contributed by atoms with Gasteiger partial charge in [0.2, 0.25) is 0 Å². The molecule has 0 saturated carbocycles. The molecule has 0 spiro atoms. The normalized spacial score (nSPS) is 17.0. The van der Waals surface area contributed by atoms with Gasteiger partial charge in [0.05, 0.1) is 6.54 Å². The first-order valence-corrected chi connectivity index (χ1v) is 4.93. The van der Waals surface area contributed by atoms with Crippen LogP contribution in [0.15, 0.2) is 4.99 Å². The van der Waals surface area contributed by atoms with E-state index in [1.807, 2.05) is 4.72 Å². The van der Waals surface area contributed by atoms with Crippen molar-refractivity contribution in [1.29, 1.82) is 0 Å². The Bertz CT molecular complexity index is 254. The summed E-state index contributed by atoms with van der Waals surface area (Å²) in [5, 5.41) is 0.266. The fraction of sp³-hybridized carbons (Fsp3) is 0.667. The summed E-state index contributed by atoms with van der Waals surface area (Å²) in [5.74, 6) is 0.762. The van der Waals surface area contributed by atoms with Gasteiger partial charge < -0.3 is 1.43 Å². The van der Waals surface area contributed by atoms with Gasteiger partial charge in [-0.3, -0.25) is 9.55 Å². The number of rotatable bonds is 1. The summed E-state index contributed by atoms with van der Waals surface area (Å²) in [6, 6.07) is 0. The first kappa shape index (κ1) is 11.7. The van der Waals surface area contributed by atoms with Crippen molar-refractivity contribution in [3.8, 4) is 0 Å². The predicted molar refractivity (Wildman–Crippen MR) is 40.6 cm³/mol. The second-order valence-corrected chi connectivity index (χ2v) is 3.85. The second-order valence-electron chi connectivity index (χ2n) is 1.61. The molecule has 0 radical (unpaired) electrons. The molecule has 0 unspecified atom stereocenters. The van der Waals surface area contributed by atoms with E-state index in [1.165, 1.54) is 11.8 Å². The van der Waals surface area contributed by atoms with Crippen LogP contribution in [0.2, 0.25) is 0 Å². The van der Waals surface area contributed by atoms with E-state index in [-0.39, 0.29) is 36.2 Å². The summed E-state index contributed by atoms with van der Waals surface area (Å²) in [4.78, 5) is 3.75. The van der Waals surface area contributed by atoms with Gasteiger partial charge in [-0.25, -0.2) is 4.72 Å². The van der Waals surface area contributed by atoms with Crippen LogP contribution in [-0.2, 0) is 10.3 Å². The second kappa shape index (κ2) is 4.68. The third-order valence-corrected chi connectivity index (χ3v) is 2.27. The van der Waals surface area contributed by atoms with Gasteiger partial charge in [-0.1, -0.05) is 11.8 Å². The van der Waals surface area contributed by atoms with E-state index in [4.69, 9.17) is 4.55 Å². The van der Waals surface area contributed by atoms with E-state index in [0.717, 1.165) is 5.75 Å². The van der Waals surface area contributed by atoms with Crippen LogP contribution in [0, 0.1) is 0 Å². The number of amidine groups is 1. The number of nitrogens with one attached hydrogen (secondary N) is 1. The Balaban J connectivity index is 0. The molecule has 0 fully saturated rings.